The Morgan fingerprint density at radius 3 is 2.80 bits per heavy atom. The van der Waals surface area contributed by atoms with Crippen molar-refractivity contribution in [2.24, 2.45) is 0 Å². The fraction of sp³-hybridized carbons (Fsp3) is 0.519. The molecule has 2 unspecified atom stereocenters. The first-order valence-electron chi connectivity index (χ1n) is 13.4. The van der Waals surface area contributed by atoms with Crippen molar-refractivity contribution in [1.82, 2.24) is 19.9 Å². The monoisotopic (exact) mass is 596 g/mol. The molecule has 2 aromatic heterocycles. The van der Waals surface area contributed by atoms with E-state index in [1.807, 2.05) is 4.90 Å². The van der Waals surface area contributed by atoms with E-state index in [4.69, 9.17) is 26.8 Å². The number of nitrogen functional groups attached to an aromatic ring is 1. The first-order valence-corrected chi connectivity index (χ1v) is 13.7. The van der Waals surface area contributed by atoms with E-state index in [1.165, 1.54) is 6.92 Å². The summed E-state index contributed by atoms with van der Waals surface area (Å²) < 4.78 is 85.6. The van der Waals surface area contributed by atoms with Gasteiger partial charge in [0.05, 0.1) is 38.8 Å². The summed E-state index contributed by atoms with van der Waals surface area (Å²) in [6.45, 7) is 2.39. The number of aromatic nitrogens is 3. The molecule has 3 aromatic rings. The number of hydrogen-bond donors (Lipinski definition) is 1. The van der Waals surface area contributed by atoms with E-state index < -0.39 is 40.5 Å². The van der Waals surface area contributed by atoms with Crippen LogP contribution in [0.5, 0.6) is 11.8 Å². The summed E-state index contributed by atoms with van der Waals surface area (Å²) in [6.07, 6.45) is -3.63. The Bertz CT molecular complexity index is 1610. The molecule has 8 nitrogen and oxygen atoms in total. The molecule has 3 aliphatic heterocycles. The number of rotatable bonds is 4. The molecule has 0 spiro atoms. The van der Waals surface area contributed by atoms with Gasteiger partial charge in [0.15, 0.2) is 11.6 Å². The summed E-state index contributed by atoms with van der Waals surface area (Å²) in [5, 5.41) is -0.254. The zero-order valence-corrected chi connectivity index (χ0v) is 22.9. The summed E-state index contributed by atoms with van der Waals surface area (Å²) >= 11 is 6.67. The maximum absolute atomic E-state index is 16.5. The quantitative estimate of drug-likeness (QED) is 0.405. The van der Waals surface area contributed by atoms with Crippen LogP contribution in [0.3, 0.4) is 0 Å². The van der Waals surface area contributed by atoms with Crippen LogP contribution in [-0.4, -0.2) is 70.5 Å². The van der Waals surface area contributed by atoms with Gasteiger partial charge < -0.3 is 20.1 Å². The van der Waals surface area contributed by atoms with Crippen LogP contribution in [0.2, 0.25) is 5.02 Å². The molecule has 3 fully saturated rings. The molecule has 0 amide bonds. The van der Waals surface area contributed by atoms with Gasteiger partial charge in [-0.2, -0.15) is 23.1 Å². The predicted molar refractivity (Wildman–Crippen MR) is 142 cm³/mol. The summed E-state index contributed by atoms with van der Waals surface area (Å²) in [5.41, 5.74) is 2.21. The van der Waals surface area contributed by atoms with Crippen molar-refractivity contribution in [2.75, 3.05) is 37.4 Å². The number of pyridine rings is 1. The van der Waals surface area contributed by atoms with Crippen molar-refractivity contribution in [3.8, 4) is 23.0 Å². The SMILES string of the molecule is Cc1cc(N)nc(-c2c(Cl)c3c4c(nc(OC[C@@]56CCCN5C[C@H](F)C6)nc4c2F)N(C)C2CC2O3)c1C(F)(F)F. The third-order valence-electron chi connectivity index (χ3n) is 8.73. The third kappa shape index (κ3) is 4.06. The molecular formula is C27H26ClF5N6O2. The number of ether oxygens (including phenoxy) is 2. The minimum Gasteiger partial charge on any atom is -0.486 e. The first kappa shape index (κ1) is 26.7. The number of benzene rings is 1. The van der Waals surface area contributed by atoms with Gasteiger partial charge in [-0.15, -0.1) is 0 Å². The van der Waals surface area contributed by atoms with Crippen LogP contribution in [0.1, 0.15) is 36.8 Å². The highest BCUT2D eigenvalue weighted by atomic mass is 35.5. The number of fused-ring (bicyclic) bond motifs is 2. The first-order chi connectivity index (χ1) is 19.4. The second-order valence-electron chi connectivity index (χ2n) is 11.4. The van der Waals surface area contributed by atoms with Crippen molar-refractivity contribution in [3.05, 3.63) is 28.0 Å². The molecule has 2 N–H and O–H groups in total. The Morgan fingerprint density at radius 1 is 1.27 bits per heavy atom. The fourth-order valence-electron chi connectivity index (χ4n) is 6.76. The number of nitrogens with zero attached hydrogens (tertiary/aromatic N) is 5. The number of aryl methyl sites for hydroxylation is 1. The molecule has 1 saturated carbocycles. The van der Waals surface area contributed by atoms with Crippen molar-refractivity contribution in [1.29, 1.82) is 0 Å². The highest BCUT2D eigenvalue weighted by Crippen LogP contribution is 2.53. The van der Waals surface area contributed by atoms with Crippen LogP contribution in [0.4, 0.5) is 33.6 Å². The van der Waals surface area contributed by atoms with Gasteiger partial charge in [-0.05, 0) is 37.9 Å². The molecule has 2 saturated heterocycles. The molecular weight excluding hydrogens is 571 g/mol. The van der Waals surface area contributed by atoms with Gasteiger partial charge in [0, 0.05) is 26.4 Å². The van der Waals surface area contributed by atoms with Gasteiger partial charge >= 0.3 is 12.2 Å². The minimum atomic E-state index is -4.88. The molecule has 0 radical (unpaired) electrons. The van der Waals surface area contributed by atoms with Crippen LogP contribution in [-0.2, 0) is 6.18 Å². The number of alkyl halides is 4. The Balaban J connectivity index is 1.43. The van der Waals surface area contributed by atoms with E-state index in [2.05, 4.69) is 19.9 Å². The molecule has 14 heteroatoms. The van der Waals surface area contributed by atoms with E-state index in [9.17, 15) is 17.6 Å². The highest BCUT2D eigenvalue weighted by Gasteiger charge is 2.50. The molecule has 1 aliphatic carbocycles. The number of halogens is 6. The largest absolute Gasteiger partial charge is 0.486 e. The Hall–Kier alpha value is -3.19. The molecule has 4 atom stereocenters. The normalized spacial score (nSPS) is 27.0. The Kier molecular flexibility index (Phi) is 5.80. The van der Waals surface area contributed by atoms with Crippen LogP contribution >= 0.6 is 11.6 Å². The topological polar surface area (TPSA) is 89.6 Å². The third-order valence-corrected chi connectivity index (χ3v) is 9.09. The standard InChI is InChI=1S/C27H26ClF5N6O2/c1-11-6-15(34)35-21(18(11)27(31,32)33)16-19(28)23-17-22(20(16)30)36-25(37-24(17)38(2)13-7-14(13)41-23)40-10-26-4-3-5-39(26)9-12(29)8-26/h6,12-14H,3-5,7-10H2,1-2H3,(H2,34,35)/t12-,13?,14?,26+/m1/s1. The summed E-state index contributed by atoms with van der Waals surface area (Å²) in [5.74, 6) is -1.11. The van der Waals surface area contributed by atoms with E-state index in [-0.39, 0.29) is 63.6 Å². The fourth-order valence-corrected chi connectivity index (χ4v) is 7.07. The van der Waals surface area contributed by atoms with Gasteiger partial charge in [0.25, 0.3) is 0 Å². The maximum Gasteiger partial charge on any atom is 0.418 e. The van der Waals surface area contributed by atoms with E-state index in [0.717, 1.165) is 25.5 Å². The van der Waals surface area contributed by atoms with Gasteiger partial charge in [0.2, 0.25) is 0 Å². The molecule has 5 heterocycles. The molecule has 0 bridgehead atoms. The van der Waals surface area contributed by atoms with E-state index >= 15 is 4.39 Å². The van der Waals surface area contributed by atoms with Crippen molar-refractivity contribution >= 4 is 34.1 Å². The van der Waals surface area contributed by atoms with Crippen molar-refractivity contribution in [2.45, 2.75) is 62.6 Å². The van der Waals surface area contributed by atoms with Crippen LogP contribution < -0.4 is 20.1 Å². The molecule has 41 heavy (non-hydrogen) atoms. The average Bonchev–Trinajstić information content (AvgIpc) is 3.47. The lowest BCUT2D eigenvalue weighted by Crippen LogP contribution is -2.43. The second-order valence-corrected chi connectivity index (χ2v) is 11.8. The van der Waals surface area contributed by atoms with Gasteiger partial charge in [-0.1, -0.05) is 11.6 Å². The van der Waals surface area contributed by atoms with Crippen LogP contribution in [0.15, 0.2) is 6.07 Å². The van der Waals surface area contributed by atoms with Crippen LogP contribution in [0.25, 0.3) is 22.2 Å². The van der Waals surface area contributed by atoms with E-state index in [0.29, 0.717) is 19.4 Å². The van der Waals surface area contributed by atoms with Gasteiger partial charge in [-0.3, -0.25) is 4.90 Å². The predicted octanol–water partition coefficient (Wildman–Crippen LogP) is 5.32. The smallest absolute Gasteiger partial charge is 0.418 e. The maximum atomic E-state index is 16.5. The zero-order valence-electron chi connectivity index (χ0n) is 22.2. The lowest BCUT2D eigenvalue weighted by Gasteiger charge is -2.31. The number of hydrogen-bond acceptors (Lipinski definition) is 8. The van der Waals surface area contributed by atoms with Gasteiger partial charge in [0.1, 0.15) is 36.0 Å². The number of likely N-dealkylation sites (N-methyl/N-ethyl adjacent to an activating group) is 1. The lowest BCUT2D eigenvalue weighted by molar-refractivity contribution is -0.137. The van der Waals surface area contributed by atoms with Crippen molar-refractivity contribution in [3.63, 3.8) is 0 Å². The zero-order chi connectivity index (χ0) is 29.0. The van der Waals surface area contributed by atoms with Crippen LogP contribution in [0, 0.1) is 12.7 Å². The molecule has 4 aliphatic rings. The highest BCUT2D eigenvalue weighted by molar-refractivity contribution is 6.36. The Labute approximate surface area is 236 Å². The summed E-state index contributed by atoms with van der Waals surface area (Å²) in [6, 6.07) is 0.783. The number of nitrogens with two attached hydrogens (primary N) is 1. The van der Waals surface area contributed by atoms with Crippen molar-refractivity contribution < 1.29 is 31.4 Å². The Morgan fingerprint density at radius 2 is 2.05 bits per heavy atom. The summed E-state index contributed by atoms with van der Waals surface area (Å²) in [4.78, 5) is 16.7. The summed E-state index contributed by atoms with van der Waals surface area (Å²) in [7, 11) is 1.76. The lowest BCUT2D eigenvalue weighted by atomic mass is 9.95. The molecule has 7 rings (SSSR count). The minimum absolute atomic E-state index is 0.0249. The molecule has 218 valence electrons. The molecule has 1 aromatic carbocycles. The average molecular weight is 597 g/mol. The second kappa shape index (κ2) is 8.90. The van der Waals surface area contributed by atoms with Gasteiger partial charge in [-0.25, -0.2) is 13.8 Å². The number of anilines is 2. The van der Waals surface area contributed by atoms with E-state index in [1.54, 1.807) is 7.05 Å².